The van der Waals surface area contributed by atoms with Crippen LogP contribution in [0.2, 0.25) is 0 Å². The van der Waals surface area contributed by atoms with E-state index >= 15 is 0 Å². The highest BCUT2D eigenvalue weighted by molar-refractivity contribution is 8.00. The number of hydrogen-bond acceptors (Lipinski definition) is 5. The number of amides is 1. The summed E-state index contributed by atoms with van der Waals surface area (Å²) < 4.78 is 0. The molecule has 1 aromatic heterocycles. The summed E-state index contributed by atoms with van der Waals surface area (Å²) in [5, 5.41) is 12.1. The number of aromatic nitrogens is 1. The summed E-state index contributed by atoms with van der Waals surface area (Å²) in [5.74, 6) is -0.504. The number of nitrogens with one attached hydrogen (secondary N) is 2. The van der Waals surface area contributed by atoms with E-state index in [9.17, 15) is 4.79 Å². The van der Waals surface area contributed by atoms with Crippen molar-refractivity contribution in [2.24, 2.45) is 0 Å². The summed E-state index contributed by atoms with van der Waals surface area (Å²) in [6, 6.07) is 9.19. The summed E-state index contributed by atoms with van der Waals surface area (Å²) in [7, 11) is 0. The summed E-state index contributed by atoms with van der Waals surface area (Å²) in [6.07, 6.45) is 3.51. The standard InChI is InChI=1S/C13H11N3O2S/c17-12(16-18)9-1-2-10-11(7-9)19-13(15-10)8-3-5-14-6-4-8/h1-7,13,15,18H,(H,16,17). The van der Waals surface area contributed by atoms with Crippen molar-refractivity contribution in [1.82, 2.24) is 10.5 Å². The van der Waals surface area contributed by atoms with Gasteiger partial charge in [-0.15, -0.1) is 0 Å². The largest absolute Gasteiger partial charge is 0.368 e. The van der Waals surface area contributed by atoms with Gasteiger partial charge in [0.1, 0.15) is 5.37 Å². The highest BCUT2D eigenvalue weighted by atomic mass is 32.2. The van der Waals surface area contributed by atoms with Crippen LogP contribution >= 0.6 is 11.8 Å². The molecule has 0 radical (unpaired) electrons. The molecule has 0 bridgehead atoms. The molecule has 1 aromatic carbocycles. The van der Waals surface area contributed by atoms with Gasteiger partial charge in [-0.3, -0.25) is 15.0 Å². The second-order valence-corrected chi connectivity index (χ2v) is 5.22. The van der Waals surface area contributed by atoms with Gasteiger partial charge in [-0.05, 0) is 35.9 Å². The lowest BCUT2D eigenvalue weighted by atomic mass is 10.2. The van der Waals surface area contributed by atoms with Gasteiger partial charge in [-0.1, -0.05) is 11.8 Å². The fourth-order valence-electron chi connectivity index (χ4n) is 1.93. The molecular weight excluding hydrogens is 262 g/mol. The summed E-state index contributed by atoms with van der Waals surface area (Å²) in [6.45, 7) is 0. The third-order valence-electron chi connectivity index (χ3n) is 2.89. The zero-order chi connectivity index (χ0) is 13.2. The number of nitrogens with zero attached hydrogens (tertiary/aromatic N) is 1. The Morgan fingerprint density at radius 3 is 2.84 bits per heavy atom. The number of benzene rings is 1. The van der Waals surface area contributed by atoms with Gasteiger partial charge in [0.25, 0.3) is 5.91 Å². The van der Waals surface area contributed by atoms with Crippen molar-refractivity contribution in [1.29, 1.82) is 0 Å². The van der Waals surface area contributed by atoms with Crippen LogP contribution in [0.1, 0.15) is 21.3 Å². The molecule has 0 spiro atoms. The van der Waals surface area contributed by atoms with Crippen molar-refractivity contribution in [3.8, 4) is 0 Å². The highest BCUT2D eigenvalue weighted by Crippen LogP contribution is 2.46. The maximum atomic E-state index is 11.4. The predicted molar refractivity (Wildman–Crippen MR) is 72.2 cm³/mol. The smallest absolute Gasteiger partial charge is 0.274 e. The number of carbonyl (C=O) groups excluding carboxylic acids is 1. The maximum Gasteiger partial charge on any atom is 0.274 e. The Morgan fingerprint density at radius 2 is 2.11 bits per heavy atom. The first-order chi connectivity index (χ1) is 9.28. The van der Waals surface area contributed by atoms with Crippen molar-refractivity contribution in [2.75, 3.05) is 5.32 Å². The summed E-state index contributed by atoms with van der Waals surface area (Å²) >= 11 is 1.63. The van der Waals surface area contributed by atoms with E-state index in [1.165, 1.54) is 0 Å². The number of fused-ring (bicyclic) bond motifs is 1. The van der Waals surface area contributed by atoms with E-state index in [4.69, 9.17) is 5.21 Å². The van der Waals surface area contributed by atoms with Crippen molar-refractivity contribution in [3.63, 3.8) is 0 Å². The van der Waals surface area contributed by atoms with Crippen LogP contribution in [0.3, 0.4) is 0 Å². The van der Waals surface area contributed by atoms with Crippen LogP contribution < -0.4 is 10.8 Å². The van der Waals surface area contributed by atoms with Crippen LogP contribution in [0, 0.1) is 0 Å². The van der Waals surface area contributed by atoms with Gasteiger partial charge in [-0.25, -0.2) is 5.48 Å². The lowest BCUT2D eigenvalue weighted by molar-refractivity contribution is 0.0706. The third kappa shape index (κ3) is 2.27. The Bertz CT molecular complexity index is 619. The van der Waals surface area contributed by atoms with Crippen LogP contribution in [-0.4, -0.2) is 16.1 Å². The average Bonchev–Trinajstić information content (AvgIpc) is 2.90. The van der Waals surface area contributed by atoms with E-state index in [-0.39, 0.29) is 5.37 Å². The van der Waals surface area contributed by atoms with Crippen LogP contribution in [0.5, 0.6) is 0 Å². The van der Waals surface area contributed by atoms with Crippen molar-refractivity contribution < 1.29 is 10.0 Å². The average molecular weight is 273 g/mol. The molecule has 1 aliphatic heterocycles. The van der Waals surface area contributed by atoms with Crippen molar-refractivity contribution in [2.45, 2.75) is 10.3 Å². The Balaban J connectivity index is 1.86. The fourth-order valence-corrected chi connectivity index (χ4v) is 3.11. The lowest BCUT2D eigenvalue weighted by Gasteiger charge is -2.09. The summed E-state index contributed by atoms with van der Waals surface area (Å²) in [4.78, 5) is 16.4. The second kappa shape index (κ2) is 4.91. The van der Waals surface area contributed by atoms with Crippen LogP contribution in [0.15, 0.2) is 47.6 Å². The molecule has 6 heteroatoms. The quantitative estimate of drug-likeness (QED) is 0.579. The SMILES string of the molecule is O=C(NO)c1ccc2c(c1)SC(c1ccncc1)N2. The summed E-state index contributed by atoms with van der Waals surface area (Å²) in [5.41, 5.74) is 4.19. The predicted octanol–water partition coefficient (Wildman–Crippen LogP) is 2.42. The second-order valence-electron chi connectivity index (χ2n) is 4.07. The normalized spacial score (nSPS) is 16.6. The highest BCUT2D eigenvalue weighted by Gasteiger charge is 2.23. The molecular formula is C13H11N3O2S. The first-order valence-electron chi connectivity index (χ1n) is 5.69. The molecule has 3 N–H and O–H groups in total. The lowest BCUT2D eigenvalue weighted by Crippen LogP contribution is -2.18. The van der Waals surface area contributed by atoms with E-state index in [0.717, 1.165) is 16.1 Å². The zero-order valence-electron chi connectivity index (χ0n) is 9.83. The van der Waals surface area contributed by atoms with Crippen molar-refractivity contribution >= 4 is 23.4 Å². The van der Waals surface area contributed by atoms with Crippen LogP contribution in [0.4, 0.5) is 5.69 Å². The minimum Gasteiger partial charge on any atom is -0.368 e. The van der Waals surface area contributed by atoms with Gasteiger partial charge < -0.3 is 5.32 Å². The Labute approximate surface area is 114 Å². The Morgan fingerprint density at radius 1 is 1.32 bits per heavy atom. The van der Waals surface area contributed by atoms with Gasteiger partial charge in [0.2, 0.25) is 0 Å². The van der Waals surface area contributed by atoms with Crippen molar-refractivity contribution in [3.05, 3.63) is 53.9 Å². The molecule has 1 unspecified atom stereocenters. The first-order valence-corrected chi connectivity index (χ1v) is 6.57. The van der Waals surface area contributed by atoms with Gasteiger partial charge in [0, 0.05) is 28.5 Å². The third-order valence-corrected chi connectivity index (χ3v) is 4.10. The molecule has 3 rings (SSSR count). The number of rotatable bonds is 2. The Hall–Kier alpha value is -2.05. The number of carbonyl (C=O) groups is 1. The molecule has 1 amide bonds. The van der Waals surface area contributed by atoms with Gasteiger partial charge in [0.15, 0.2) is 0 Å². The zero-order valence-corrected chi connectivity index (χ0v) is 10.6. The number of hydroxylamine groups is 1. The molecule has 0 saturated heterocycles. The minimum atomic E-state index is -0.504. The van der Waals surface area contributed by atoms with Gasteiger partial charge >= 0.3 is 0 Å². The molecule has 19 heavy (non-hydrogen) atoms. The molecule has 96 valence electrons. The molecule has 1 atom stereocenters. The topological polar surface area (TPSA) is 74.2 Å². The molecule has 5 nitrogen and oxygen atoms in total. The fraction of sp³-hybridized carbons (Fsp3) is 0.0769. The number of pyridine rings is 1. The minimum absolute atomic E-state index is 0.116. The molecule has 2 heterocycles. The molecule has 0 fully saturated rings. The van der Waals surface area contributed by atoms with E-state index in [1.54, 1.807) is 41.8 Å². The maximum absolute atomic E-state index is 11.4. The van der Waals surface area contributed by atoms with E-state index in [2.05, 4.69) is 10.3 Å². The van der Waals surface area contributed by atoms with Crippen LogP contribution in [0.25, 0.3) is 0 Å². The molecule has 2 aromatic rings. The van der Waals surface area contributed by atoms with Gasteiger partial charge in [0.05, 0.1) is 0 Å². The van der Waals surface area contributed by atoms with E-state index in [1.807, 2.05) is 18.2 Å². The number of thioether (sulfide) groups is 1. The number of hydrogen-bond donors (Lipinski definition) is 3. The van der Waals surface area contributed by atoms with Crippen LogP contribution in [-0.2, 0) is 0 Å². The van der Waals surface area contributed by atoms with Gasteiger partial charge in [-0.2, -0.15) is 0 Å². The van der Waals surface area contributed by atoms with E-state index in [0.29, 0.717) is 5.56 Å². The number of anilines is 1. The Kier molecular flexibility index (Phi) is 3.10. The monoisotopic (exact) mass is 273 g/mol. The molecule has 0 saturated carbocycles. The molecule has 0 aliphatic carbocycles. The van der Waals surface area contributed by atoms with E-state index < -0.39 is 5.91 Å². The first kappa shape index (κ1) is 12.0. The molecule has 1 aliphatic rings.